The molecule has 1 heterocycles. The van der Waals surface area contributed by atoms with Crippen LogP contribution in [0.15, 0.2) is 6.20 Å². The van der Waals surface area contributed by atoms with Gasteiger partial charge in [0.15, 0.2) is 0 Å². The summed E-state index contributed by atoms with van der Waals surface area (Å²) in [5.74, 6) is 0.913. The molecule has 0 bridgehead atoms. The lowest BCUT2D eigenvalue weighted by Crippen LogP contribution is -2.34. The summed E-state index contributed by atoms with van der Waals surface area (Å²) in [6, 6.07) is 0.642. The van der Waals surface area contributed by atoms with Crippen LogP contribution < -0.4 is 10.2 Å². The highest BCUT2D eigenvalue weighted by molar-refractivity contribution is 5.34. The molecule has 1 N–H and O–H groups in total. The zero-order valence-electron chi connectivity index (χ0n) is 13.2. The molecule has 1 aliphatic carbocycles. The van der Waals surface area contributed by atoms with Crippen molar-refractivity contribution >= 4 is 5.95 Å². The Balaban J connectivity index is 2.06. The van der Waals surface area contributed by atoms with Gasteiger partial charge in [0.1, 0.15) is 0 Å². The van der Waals surface area contributed by atoms with E-state index in [0.717, 1.165) is 37.7 Å². The van der Waals surface area contributed by atoms with Crippen molar-refractivity contribution in [2.45, 2.75) is 65.5 Å². The number of hydrogen-bond acceptors (Lipinski definition) is 4. The number of nitrogens with one attached hydrogen (secondary N) is 1. The molecule has 20 heavy (non-hydrogen) atoms. The maximum Gasteiger partial charge on any atom is 0.225 e. The molecule has 4 heteroatoms. The van der Waals surface area contributed by atoms with Crippen LogP contribution in [-0.4, -0.2) is 29.1 Å². The van der Waals surface area contributed by atoms with E-state index in [-0.39, 0.29) is 0 Å². The van der Waals surface area contributed by atoms with Crippen molar-refractivity contribution < 1.29 is 0 Å². The number of aryl methyl sites for hydroxylation is 1. The highest BCUT2D eigenvalue weighted by atomic mass is 15.3. The molecule has 112 valence electrons. The molecule has 4 nitrogen and oxygen atoms in total. The highest BCUT2D eigenvalue weighted by Crippen LogP contribution is 2.26. The number of rotatable bonds is 7. The van der Waals surface area contributed by atoms with E-state index in [0.29, 0.717) is 6.04 Å². The topological polar surface area (TPSA) is 41.1 Å². The van der Waals surface area contributed by atoms with Gasteiger partial charge >= 0.3 is 0 Å². The van der Waals surface area contributed by atoms with Gasteiger partial charge < -0.3 is 10.2 Å². The normalized spacial score (nSPS) is 15.8. The Morgan fingerprint density at radius 3 is 2.65 bits per heavy atom. The Hall–Kier alpha value is -1.16. The van der Waals surface area contributed by atoms with E-state index in [9.17, 15) is 0 Å². The highest BCUT2D eigenvalue weighted by Gasteiger charge is 2.23. The number of anilines is 1. The molecule has 0 unspecified atom stereocenters. The van der Waals surface area contributed by atoms with Gasteiger partial charge in [-0.05, 0) is 39.7 Å². The third kappa shape index (κ3) is 3.69. The minimum absolute atomic E-state index is 0.642. The summed E-state index contributed by atoms with van der Waals surface area (Å²) in [7, 11) is 0. The Morgan fingerprint density at radius 1 is 1.30 bits per heavy atom. The molecule has 0 atom stereocenters. The maximum absolute atomic E-state index is 4.74. The van der Waals surface area contributed by atoms with Crippen LogP contribution >= 0.6 is 0 Å². The first kappa shape index (κ1) is 15.2. The molecule has 0 aromatic carbocycles. The van der Waals surface area contributed by atoms with Crippen molar-refractivity contribution in [1.82, 2.24) is 15.3 Å². The van der Waals surface area contributed by atoms with E-state index in [2.05, 4.69) is 36.0 Å². The average Bonchev–Trinajstić information content (AvgIpc) is 2.96. The van der Waals surface area contributed by atoms with Crippen molar-refractivity contribution in [1.29, 1.82) is 0 Å². The Bertz CT molecular complexity index is 413. The van der Waals surface area contributed by atoms with Crippen LogP contribution in [0.2, 0.25) is 0 Å². The van der Waals surface area contributed by atoms with Crippen LogP contribution in [0.3, 0.4) is 0 Å². The van der Waals surface area contributed by atoms with Crippen LogP contribution in [-0.2, 0) is 6.54 Å². The second-order valence-electron chi connectivity index (χ2n) is 5.68. The van der Waals surface area contributed by atoms with Gasteiger partial charge in [-0.3, -0.25) is 0 Å². The molecule has 1 saturated carbocycles. The fourth-order valence-electron chi connectivity index (χ4n) is 2.97. The summed E-state index contributed by atoms with van der Waals surface area (Å²) in [4.78, 5) is 11.7. The second kappa shape index (κ2) is 7.58. The number of nitrogens with zero attached hydrogens (tertiary/aromatic N) is 3. The second-order valence-corrected chi connectivity index (χ2v) is 5.68. The molecular weight excluding hydrogens is 248 g/mol. The first-order chi connectivity index (χ1) is 9.76. The molecule has 0 radical (unpaired) electrons. The fourth-order valence-corrected chi connectivity index (χ4v) is 2.97. The van der Waals surface area contributed by atoms with Gasteiger partial charge in [0.2, 0.25) is 5.95 Å². The molecule has 2 rings (SSSR count). The van der Waals surface area contributed by atoms with Crippen molar-refractivity contribution in [3.8, 4) is 0 Å². The maximum atomic E-state index is 4.74. The van der Waals surface area contributed by atoms with Crippen LogP contribution in [0.1, 0.15) is 57.2 Å². The van der Waals surface area contributed by atoms with Gasteiger partial charge in [-0.15, -0.1) is 0 Å². The molecule has 0 aliphatic heterocycles. The van der Waals surface area contributed by atoms with E-state index in [1.165, 1.54) is 31.2 Å². The lowest BCUT2D eigenvalue weighted by molar-refractivity contribution is 0.602. The van der Waals surface area contributed by atoms with Crippen molar-refractivity contribution in [3.63, 3.8) is 0 Å². The lowest BCUT2D eigenvalue weighted by Gasteiger charge is -2.28. The van der Waals surface area contributed by atoms with Crippen LogP contribution in [0.5, 0.6) is 0 Å². The minimum atomic E-state index is 0.642. The van der Waals surface area contributed by atoms with Gasteiger partial charge in [-0.1, -0.05) is 19.8 Å². The molecule has 0 spiro atoms. The molecule has 1 aliphatic rings. The van der Waals surface area contributed by atoms with Crippen LogP contribution in [0.4, 0.5) is 5.95 Å². The quantitative estimate of drug-likeness (QED) is 0.777. The zero-order valence-corrected chi connectivity index (χ0v) is 13.2. The Morgan fingerprint density at radius 2 is 2.05 bits per heavy atom. The molecule has 1 aromatic rings. The van der Waals surface area contributed by atoms with Crippen molar-refractivity contribution in [3.05, 3.63) is 17.5 Å². The molecular formula is C16H28N4. The largest absolute Gasteiger partial charge is 0.338 e. The molecule has 0 amide bonds. The smallest absolute Gasteiger partial charge is 0.225 e. The van der Waals surface area contributed by atoms with Crippen LogP contribution in [0, 0.1) is 6.92 Å². The lowest BCUT2D eigenvalue weighted by atomic mass is 10.2. The number of aromatic nitrogens is 2. The van der Waals surface area contributed by atoms with Crippen molar-refractivity contribution in [2.24, 2.45) is 0 Å². The van der Waals surface area contributed by atoms with E-state index in [1.54, 1.807) is 0 Å². The van der Waals surface area contributed by atoms with E-state index < -0.39 is 0 Å². The molecule has 1 aromatic heterocycles. The third-order valence-corrected chi connectivity index (χ3v) is 4.17. The van der Waals surface area contributed by atoms with Gasteiger partial charge in [0.05, 0.1) is 0 Å². The monoisotopic (exact) mass is 276 g/mol. The first-order valence-electron chi connectivity index (χ1n) is 8.06. The van der Waals surface area contributed by atoms with Gasteiger partial charge in [-0.25, -0.2) is 9.97 Å². The summed E-state index contributed by atoms with van der Waals surface area (Å²) in [6.07, 6.45) is 8.42. The van der Waals surface area contributed by atoms with Gasteiger partial charge in [0, 0.05) is 36.6 Å². The summed E-state index contributed by atoms with van der Waals surface area (Å²) in [5, 5.41) is 3.42. The molecule has 1 fully saturated rings. The van der Waals surface area contributed by atoms with E-state index in [4.69, 9.17) is 4.98 Å². The van der Waals surface area contributed by atoms with Gasteiger partial charge in [-0.2, -0.15) is 0 Å². The summed E-state index contributed by atoms with van der Waals surface area (Å²) in [5.41, 5.74) is 2.32. The third-order valence-electron chi connectivity index (χ3n) is 4.17. The summed E-state index contributed by atoms with van der Waals surface area (Å²) >= 11 is 0. The summed E-state index contributed by atoms with van der Waals surface area (Å²) < 4.78 is 0. The fraction of sp³-hybridized carbons (Fsp3) is 0.750. The average molecular weight is 276 g/mol. The Labute approximate surface area is 123 Å². The van der Waals surface area contributed by atoms with Gasteiger partial charge in [0.25, 0.3) is 0 Å². The van der Waals surface area contributed by atoms with Crippen molar-refractivity contribution in [2.75, 3.05) is 18.0 Å². The number of hydrogen-bond donors (Lipinski definition) is 1. The minimum Gasteiger partial charge on any atom is -0.338 e. The predicted octanol–water partition coefficient (Wildman–Crippen LogP) is 3.05. The molecule has 0 saturated heterocycles. The van der Waals surface area contributed by atoms with E-state index in [1.807, 2.05) is 6.20 Å². The predicted molar refractivity (Wildman–Crippen MR) is 84.0 cm³/mol. The Kier molecular flexibility index (Phi) is 5.77. The zero-order chi connectivity index (χ0) is 14.4. The summed E-state index contributed by atoms with van der Waals surface area (Å²) in [6.45, 7) is 9.39. The SMILES string of the molecule is CCCNCc1cnc(N(CC)C2CCCC2)nc1C. The first-order valence-corrected chi connectivity index (χ1v) is 8.06. The van der Waals surface area contributed by atoms with E-state index >= 15 is 0 Å². The standard InChI is InChI=1S/C16H28N4/c1-4-10-17-11-14-12-18-16(19-13(14)3)20(5-2)15-8-6-7-9-15/h12,15,17H,4-11H2,1-3H3. The van der Waals surface area contributed by atoms with Crippen LogP contribution in [0.25, 0.3) is 0 Å².